The monoisotopic (exact) mass is 669 g/mol. The number of nitrogens with zero attached hydrogens (tertiary/aromatic N) is 5. The summed E-state index contributed by atoms with van der Waals surface area (Å²) in [6.45, 7) is 15.3. The third kappa shape index (κ3) is 9.00. The number of rotatable bonds is 8. The van der Waals surface area contributed by atoms with Crippen LogP contribution in [0.15, 0.2) is 30.3 Å². The lowest BCUT2D eigenvalue weighted by atomic mass is 10.0. The molecule has 1 aromatic heterocycles. The molecule has 0 N–H and O–H groups in total. The molecule has 5 rings (SSSR count). The number of esters is 1. The predicted molar refractivity (Wildman–Crippen MR) is 176 cm³/mol. The summed E-state index contributed by atoms with van der Waals surface area (Å²) in [4.78, 5) is 51.8. The Labute approximate surface area is 282 Å². The molecule has 2 aromatic rings. The fourth-order valence-electron chi connectivity index (χ4n) is 6.36. The molecule has 1 aromatic carbocycles. The summed E-state index contributed by atoms with van der Waals surface area (Å²) in [6.07, 6.45) is 0.0378. The van der Waals surface area contributed by atoms with Crippen molar-refractivity contribution < 1.29 is 37.7 Å². The van der Waals surface area contributed by atoms with E-state index in [0.29, 0.717) is 63.1 Å². The van der Waals surface area contributed by atoms with E-state index in [0.717, 1.165) is 17.7 Å². The fourth-order valence-corrected chi connectivity index (χ4v) is 6.36. The number of aromatic nitrogens is 1. The van der Waals surface area contributed by atoms with E-state index in [4.69, 9.17) is 23.9 Å². The van der Waals surface area contributed by atoms with E-state index >= 15 is 0 Å². The van der Waals surface area contributed by atoms with Gasteiger partial charge in [-0.3, -0.25) is 19.4 Å². The summed E-state index contributed by atoms with van der Waals surface area (Å²) < 4.78 is 36.2. The normalized spacial score (nSPS) is 22.1. The van der Waals surface area contributed by atoms with Gasteiger partial charge in [-0.25, -0.2) is 14.2 Å². The number of ether oxygens (including phenoxy) is 4. The number of amides is 2. The first kappa shape index (κ1) is 35.5. The molecule has 2 saturated heterocycles. The first-order chi connectivity index (χ1) is 22.8. The molecule has 0 bridgehead atoms. The van der Waals surface area contributed by atoms with Gasteiger partial charge in [-0.2, -0.15) is 0 Å². The van der Waals surface area contributed by atoms with Gasteiger partial charge in [0.1, 0.15) is 30.3 Å². The fraction of sp³-hybridized carbons (Fsp3) is 0.600. The number of benzene rings is 1. The Bertz CT molecular complexity index is 1470. The van der Waals surface area contributed by atoms with Gasteiger partial charge in [0.2, 0.25) is 11.8 Å². The van der Waals surface area contributed by atoms with Crippen LogP contribution in [0.5, 0.6) is 5.88 Å². The molecule has 0 spiro atoms. The highest BCUT2D eigenvalue weighted by molar-refractivity contribution is 5.96. The van der Waals surface area contributed by atoms with Gasteiger partial charge < -0.3 is 28.7 Å². The molecule has 3 aliphatic heterocycles. The Morgan fingerprint density at radius 2 is 1.77 bits per heavy atom. The molecule has 0 unspecified atom stereocenters. The maximum absolute atomic E-state index is 14.2. The van der Waals surface area contributed by atoms with E-state index in [9.17, 15) is 18.8 Å². The molecule has 0 saturated carbocycles. The van der Waals surface area contributed by atoms with Crippen LogP contribution in [-0.4, -0.2) is 120 Å². The number of carbonyl (C=O) groups is 3. The lowest BCUT2D eigenvalue weighted by Gasteiger charge is -2.47. The summed E-state index contributed by atoms with van der Waals surface area (Å²) >= 11 is 0. The number of anilines is 1. The van der Waals surface area contributed by atoms with Crippen LogP contribution in [0, 0.1) is 5.82 Å². The number of fused-ring (bicyclic) bond motifs is 1. The van der Waals surface area contributed by atoms with Crippen molar-refractivity contribution in [2.24, 2.45) is 0 Å². The van der Waals surface area contributed by atoms with Crippen LogP contribution in [0.2, 0.25) is 0 Å². The highest BCUT2D eigenvalue weighted by Crippen LogP contribution is 2.34. The zero-order valence-corrected chi connectivity index (χ0v) is 28.9. The minimum absolute atomic E-state index is 0.0576. The van der Waals surface area contributed by atoms with Crippen LogP contribution in [0.4, 0.5) is 14.9 Å². The van der Waals surface area contributed by atoms with Gasteiger partial charge in [-0.1, -0.05) is 12.1 Å². The highest BCUT2D eigenvalue weighted by atomic mass is 19.1. The number of piperazine rings is 1. The van der Waals surface area contributed by atoms with E-state index in [2.05, 4.69) is 16.7 Å². The highest BCUT2D eigenvalue weighted by Gasteiger charge is 2.39. The van der Waals surface area contributed by atoms with Crippen molar-refractivity contribution in [1.82, 2.24) is 19.7 Å². The SMILES string of the molecule is CC(=O)OCc1nc2c(cc1Cc1ccc(F)cc1)N(C(=O)CN1C[C@@H](C)N(C(=O)OC(C)(C)C)C[C@@H]1CN1CCOC[C@H]1C)CCO2. The second-order valence-electron chi connectivity index (χ2n) is 13.9. The van der Waals surface area contributed by atoms with Crippen molar-refractivity contribution >= 4 is 23.7 Å². The third-order valence-electron chi connectivity index (χ3n) is 8.87. The topological polar surface area (TPSA) is 114 Å². The van der Waals surface area contributed by atoms with E-state index < -0.39 is 11.6 Å². The van der Waals surface area contributed by atoms with Crippen molar-refractivity contribution in [3.63, 3.8) is 0 Å². The van der Waals surface area contributed by atoms with E-state index in [1.807, 2.05) is 33.8 Å². The van der Waals surface area contributed by atoms with E-state index in [1.54, 1.807) is 21.9 Å². The number of morpholine rings is 1. The van der Waals surface area contributed by atoms with Gasteiger partial charge in [-0.15, -0.1) is 0 Å². The van der Waals surface area contributed by atoms with Crippen LogP contribution in [0.25, 0.3) is 0 Å². The van der Waals surface area contributed by atoms with Gasteiger partial charge in [0, 0.05) is 51.2 Å². The van der Waals surface area contributed by atoms with Crippen molar-refractivity contribution in [1.29, 1.82) is 0 Å². The molecule has 3 atom stereocenters. The molecule has 4 heterocycles. The number of hydrogen-bond donors (Lipinski definition) is 0. The number of halogens is 1. The molecule has 13 heteroatoms. The Morgan fingerprint density at radius 1 is 1.02 bits per heavy atom. The van der Waals surface area contributed by atoms with Gasteiger partial charge in [0.05, 0.1) is 32.0 Å². The zero-order valence-electron chi connectivity index (χ0n) is 28.9. The predicted octanol–water partition coefficient (Wildman–Crippen LogP) is 3.63. The molecule has 0 aliphatic carbocycles. The maximum atomic E-state index is 14.2. The van der Waals surface area contributed by atoms with Crippen molar-refractivity contribution in [2.75, 3.05) is 64.0 Å². The van der Waals surface area contributed by atoms with Gasteiger partial charge in [0.25, 0.3) is 0 Å². The lowest BCUT2D eigenvalue weighted by molar-refractivity contribution is -0.142. The van der Waals surface area contributed by atoms with Crippen LogP contribution >= 0.6 is 0 Å². The van der Waals surface area contributed by atoms with Crippen molar-refractivity contribution in [2.45, 2.75) is 78.3 Å². The van der Waals surface area contributed by atoms with Crippen LogP contribution in [-0.2, 0) is 36.8 Å². The third-order valence-corrected chi connectivity index (χ3v) is 8.87. The van der Waals surface area contributed by atoms with Crippen molar-refractivity contribution in [3.8, 4) is 5.88 Å². The summed E-state index contributed by atoms with van der Waals surface area (Å²) in [5.41, 5.74) is 2.00. The summed E-state index contributed by atoms with van der Waals surface area (Å²) in [5, 5.41) is 0. The number of carbonyl (C=O) groups excluding carboxylic acids is 3. The Balaban J connectivity index is 1.39. The molecule has 2 fully saturated rings. The zero-order chi connectivity index (χ0) is 34.6. The van der Waals surface area contributed by atoms with Gasteiger partial charge >= 0.3 is 12.1 Å². The molecular weight excluding hydrogens is 621 g/mol. The average molecular weight is 670 g/mol. The maximum Gasteiger partial charge on any atom is 0.410 e. The molecule has 2 amide bonds. The second kappa shape index (κ2) is 15.2. The minimum Gasteiger partial charge on any atom is -0.474 e. The van der Waals surface area contributed by atoms with E-state index in [-0.39, 0.29) is 55.7 Å². The molecule has 3 aliphatic rings. The van der Waals surface area contributed by atoms with Gasteiger partial charge in [-0.05, 0) is 70.4 Å². The van der Waals surface area contributed by atoms with Crippen LogP contribution in [0.3, 0.4) is 0 Å². The largest absolute Gasteiger partial charge is 0.474 e. The first-order valence-corrected chi connectivity index (χ1v) is 16.7. The Hall–Kier alpha value is -3.81. The number of pyridine rings is 1. The molecule has 48 heavy (non-hydrogen) atoms. The lowest BCUT2D eigenvalue weighted by Crippen LogP contribution is -2.64. The number of hydrogen-bond acceptors (Lipinski definition) is 10. The average Bonchev–Trinajstić information content (AvgIpc) is 3.02. The summed E-state index contributed by atoms with van der Waals surface area (Å²) in [7, 11) is 0. The van der Waals surface area contributed by atoms with Crippen LogP contribution < -0.4 is 9.64 Å². The molecule has 0 radical (unpaired) electrons. The summed E-state index contributed by atoms with van der Waals surface area (Å²) in [5.74, 6) is -0.599. The van der Waals surface area contributed by atoms with Crippen molar-refractivity contribution in [3.05, 3.63) is 53.0 Å². The van der Waals surface area contributed by atoms with Gasteiger partial charge in [0.15, 0.2) is 0 Å². The first-order valence-electron chi connectivity index (χ1n) is 16.7. The second-order valence-corrected chi connectivity index (χ2v) is 13.9. The molecule has 262 valence electrons. The Kier molecular flexibility index (Phi) is 11.2. The molecular formula is C35H48FN5O7. The van der Waals surface area contributed by atoms with E-state index in [1.165, 1.54) is 19.1 Å². The Morgan fingerprint density at radius 3 is 2.46 bits per heavy atom. The minimum atomic E-state index is -0.622. The molecule has 12 nitrogen and oxygen atoms in total. The smallest absolute Gasteiger partial charge is 0.410 e. The van der Waals surface area contributed by atoms with Crippen LogP contribution in [0.1, 0.15) is 58.4 Å². The standard InChI is InChI=1S/C35H48FN5O7/c1-23-17-39(29(18-38-11-13-45-21-24(38)2)19-41(23)34(44)48-35(4,5)6)20-32(43)40-12-14-46-33-31(40)16-27(30(37-33)22-47-25(3)42)15-26-7-9-28(36)10-8-26/h7-10,16,23-24,29H,11-15,17-22H2,1-6H3/t23-,24-,29+/m1/s1. The quantitative estimate of drug-likeness (QED) is 0.386. The summed E-state index contributed by atoms with van der Waals surface area (Å²) in [6, 6.07) is 7.95.